The van der Waals surface area contributed by atoms with Gasteiger partial charge in [-0.05, 0) is 54.8 Å². The average molecular weight is 383 g/mol. The van der Waals surface area contributed by atoms with Gasteiger partial charge < -0.3 is 5.32 Å². The fourth-order valence-electron chi connectivity index (χ4n) is 2.78. The number of hydrogen-bond acceptors (Lipinski definition) is 2. The van der Waals surface area contributed by atoms with Gasteiger partial charge in [-0.25, -0.2) is 4.39 Å². The molecule has 0 fully saturated rings. The molecule has 0 aliphatic rings. The van der Waals surface area contributed by atoms with E-state index in [1.54, 1.807) is 24.4 Å². The SMILES string of the molecule is CCCCc1ccc(NC(=O)c2ccc(-c3ncccc3Cl)cc2F)cc1. The first-order chi connectivity index (χ1) is 13.1. The second kappa shape index (κ2) is 8.78. The fourth-order valence-corrected chi connectivity index (χ4v) is 3.01. The molecule has 2 aromatic carbocycles. The molecule has 1 aromatic heterocycles. The third-order valence-corrected chi connectivity index (χ3v) is 4.58. The minimum atomic E-state index is -0.619. The molecule has 3 nitrogen and oxygen atoms in total. The lowest BCUT2D eigenvalue weighted by Gasteiger charge is -2.09. The number of pyridine rings is 1. The van der Waals surface area contributed by atoms with Crippen LogP contribution in [0.5, 0.6) is 0 Å². The van der Waals surface area contributed by atoms with Crippen molar-refractivity contribution < 1.29 is 9.18 Å². The summed E-state index contributed by atoms with van der Waals surface area (Å²) in [5.41, 5.74) is 2.83. The third-order valence-electron chi connectivity index (χ3n) is 4.28. The number of aromatic nitrogens is 1. The monoisotopic (exact) mass is 382 g/mol. The van der Waals surface area contributed by atoms with Crippen LogP contribution in [0.25, 0.3) is 11.3 Å². The minimum absolute atomic E-state index is 0.0270. The van der Waals surface area contributed by atoms with Crippen LogP contribution in [0.3, 0.4) is 0 Å². The molecule has 27 heavy (non-hydrogen) atoms. The van der Waals surface area contributed by atoms with Gasteiger partial charge in [-0.2, -0.15) is 0 Å². The lowest BCUT2D eigenvalue weighted by molar-refractivity contribution is 0.102. The quantitative estimate of drug-likeness (QED) is 0.556. The van der Waals surface area contributed by atoms with Crippen molar-refractivity contribution in [1.82, 2.24) is 4.98 Å². The van der Waals surface area contributed by atoms with Crippen LogP contribution in [0.4, 0.5) is 10.1 Å². The van der Waals surface area contributed by atoms with E-state index < -0.39 is 11.7 Å². The molecule has 0 aliphatic carbocycles. The Kier molecular flexibility index (Phi) is 6.20. The maximum absolute atomic E-state index is 14.5. The minimum Gasteiger partial charge on any atom is -0.322 e. The molecule has 0 saturated heterocycles. The number of amides is 1. The molecular weight excluding hydrogens is 363 g/mol. The fraction of sp³-hybridized carbons (Fsp3) is 0.182. The van der Waals surface area contributed by atoms with Crippen molar-refractivity contribution in [3.8, 4) is 11.3 Å². The van der Waals surface area contributed by atoms with Crippen LogP contribution < -0.4 is 5.32 Å². The van der Waals surface area contributed by atoms with Crippen LogP contribution in [0.1, 0.15) is 35.7 Å². The summed E-state index contributed by atoms with van der Waals surface area (Å²) in [5.74, 6) is -1.11. The number of nitrogens with zero attached hydrogens (tertiary/aromatic N) is 1. The Morgan fingerprint density at radius 3 is 2.59 bits per heavy atom. The highest BCUT2D eigenvalue weighted by molar-refractivity contribution is 6.33. The summed E-state index contributed by atoms with van der Waals surface area (Å²) >= 11 is 6.10. The van der Waals surface area contributed by atoms with E-state index >= 15 is 0 Å². The lowest BCUT2D eigenvalue weighted by Crippen LogP contribution is -2.13. The molecule has 1 N–H and O–H groups in total. The second-order valence-corrected chi connectivity index (χ2v) is 6.69. The first-order valence-corrected chi connectivity index (χ1v) is 9.27. The number of anilines is 1. The van der Waals surface area contributed by atoms with Gasteiger partial charge in [-0.3, -0.25) is 9.78 Å². The average Bonchev–Trinajstić information content (AvgIpc) is 2.67. The normalized spacial score (nSPS) is 10.6. The summed E-state index contributed by atoms with van der Waals surface area (Å²) in [6.45, 7) is 2.15. The van der Waals surface area contributed by atoms with Gasteiger partial charge in [0.15, 0.2) is 0 Å². The van der Waals surface area contributed by atoms with Crippen molar-refractivity contribution in [2.24, 2.45) is 0 Å². The van der Waals surface area contributed by atoms with E-state index in [9.17, 15) is 9.18 Å². The van der Waals surface area contributed by atoms with Gasteiger partial charge in [0, 0.05) is 17.4 Å². The highest BCUT2D eigenvalue weighted by Gasteiger charge is 2.14. The van der Waals surface area contributed by atoms with Crippen LogP contribution in [-0.2, 0) is 6.42 Å². The first-order valence-electron chi connectivity index (χ1n) is 8.89. The number of hydrogen-bond donors (Lipinski definition) is 1. The molecule has 0 saturated carbocycles. The highest BCUT2D eigenvalue weighted by Crippen LogP contribution is 2.27. The van der Waals surface area contributed by atoms with Gasteiger partial charge in [0.1, 0.15) is 5.82 Å². The van der Waals surface area contributed by atoms with E-state index in [0.717, 1.165) is 19.3 Å². The summed E-state index contributed by atoms with van der Waals surface area (Å²) in [6.07, 6.45) is 4.86. The molecule has 0 unspecified atom stereocenters. The number of aryl methyl sites for hydroxylation is 1. The summed E-state index contributed by atoms with van der Waals surface area (Å²) in [5, 5.41) is 3.16. The number of benzene rings is 2. The maximum Gasteiger partial charge on any atom is 0.258 e. The molecule has 3 rings (SSSR count). The Hall–Kier alpha value is -2.72. The zero-order chi connectivity index (χ0) is 19.2. The van der Waals surface area contributed by atoms with Gasteiger partial charge >= 0.3 is 0 Å². The zero-order valence-corrected chi connectivity index (χ0v) is 15.8. The molecule has 0 radical (unpaired) electrons. The van der Waals surface area contributed by atoms with E-state index in [0.29, 0.717) is 22.0 Å². The molecule has 138 valence electrons. The maximum atomic E-state index is 14.5. The van der Waals surface area contributed by atoms with Gasteiger partial charge in [0.05, 0.1) is 16.3 Å². The van der Waals surface area contributed by atoms with Gasteiger partial charge in [-0.1, -0.05) is 43.1 Å². The number of carbonyl (C=O) groups is 1. The number of carbonyl (C=O) groups excluding carboxylic acids is 1. The number of halogens is 2. The van der Waals surface area contributed by atoms with Crippen LogP contribution in [-0.4, -0.2) is 10.9 Å². The number of nitrogens with one attached hydrogen (secondary N) is 1. The molecule has 5 heteroatoms. The summed E-state index contributed by atoms with van der Waals surface area (Å²) < 4.78 is 14.5. The Bertz CT molecular complexity index is 941. The third kappa shape index (κ3) is 4.72. The van der Waals surface area contributed by atoms with Gasteiger partial charge in [0.2, 0.25) is 0 Å². The zero-order valence-electron chi connectivity index (χ0n) is 15.0. The molecule has 0 bridgehead atoms. The Labute approximate surface area is 163 Å². The Balaban J connectivity index is 1.74. The van der Waals surface area contributed by atoms with E-state index in [-0.39, 0.29) is 5.56 Å². The summed E-state index contributed by atoms with van der Waals surface area (Å²) in [6, 6.07) is 15.4. The predicted octanol–water partition coefficient (Wildman–Crippen LogP) is 6.14. The topological polar surface area (TPSA) is 42.0 Å². The molecule has 3 aromatic rings. The van der Waals surface area contributed by atoms with Crippen molar-refractivity contribution in [3.63, 3.8) is 0 Å². The molecular formula is C22H20ClFN2O. The van der Waals surface area contributed by atoms with Crippen LogP contribution in [0.15, 0.2) is 60.8 Å². The van der Waals surface area contributed by atoms with E-state index in [2.05, 4.69) is 17.2 Å². The van der Waals surface area contributed by atoms with E-state index in [1.807, 2.05) is 24.3 Å². The molecule has 0 spiro atoms. The van der Waals surface area contributed by atoms with Crippen molar-refractivity contribution in [2.75, 3.05) is 5.32 Å². The second-order valence-electron chi connectivity index (χ2n) is 6.28. The first kappa shape index (κ1) is 19.1. The molecule has 0 aliphatic heterocycles. The Morgan fingerprint density at radius 2 is 1.93 bits per heavy atom. The standard InChI is InChI=1S/C22H20ClFN2O/c1-2-3-5-15-7-10-17(11-8-15)26-22(27)18-12-9-16(14-20(18)24)21-19(23)6-4-13-25-21/h4,6-14H,2-3,5H2,1H3,(H,26,27). The van der Waals surface area contributed by atoms with Crippen LogP contribution in [0, 0.1) is 5.82 Å². The van der Waals surface area contributed by atoms with Crippen molar-refractivity contribution in [2.45, 2.75) is 26.2 Å². The molecule has 1 amide bonds. The Morgan fingerprint density at radius 1 is 1.15 bits per heavy atom. The predicted molar refractivity (Wildman–Crippen MR) is 108 cm³/mol. The molecule has 0 atom stereocenters. The number of rotatable bonds is 6. The number of unbranched alkanes of at least 4 members (excludes halogenated alkanes) is 1. The van der Waals surface area contributed by atoms with Gasteiger partial charge in [-0.15, -0.1) is 0 Å². The van der Waals surface area contributed by atoms with Gasteiger partial charge in [0.25, 0.3) is 5.91 Å². The van der Waals surface area contributed by atoms with Crippen molar-refractivity contribution in [1.29, 1.82) is 0 Å². The van der Waals surface area contributed by atoms with Crippen LogP contribution in [0.2, 0.25) is 5.02 Å². The van der Waals surface area contributed by atoms with E-state index in [4.69, 9.17) is 11.6 Å². The van der Waals surface area contributed by atoms with Crippen LogP contribution >= 0.6 is 11.6 Å². The smallest absolute Gasteiger partial charge is 0.258 e. The van der Waals surface area contributed by atoms with Crippen molar-refractivity contribution in [3.05, 3.63) is 82.8 Å². The summed E-state index contributed by atoms with van der Waals surface area (Å²) in [4.78, 5) is 16.6. The summed E-state index contributed by atoms with van der Waals surface area (Å²) in [7, 11) is 0. The molecule has 1 heterocycles. The largest absolute Gasteiger partial charge is 0.322 e. The van der Waals surface area contributed by atoms with E-state index in [1.165, 1.54) is 17.7 Å². The van der Waals surface area contributed by atoms with Crippen molar-refractivity contribution >= 4 is 23.2 Å². The lowest BCUT2D eigenvalue weighted by atomic mass is 10.1. The highest BCUT2D eigenvalue weighted by atomic mass is 35.5.